The highest BCUT2D eigenvalue weighted by atomic mass is 32.2. The second-order valence-corrected chi connectivity index (χ2v) is 8.00. The van der Waals surface area contributed by atoms with E-state index in [9.17, 15) is 9.18 Å². The largest absolute Gasteiger partial charge is 0.355 e. The quantitative estimate of drug-likeness (QED) is 0.611. The average molecular weight is 399 g/mol. The molecule has 2 unspecified atom stereocenters. The zero-order valence-electron chi connectivity index (χ0n) is 16.1. The maximum atomic E-state index is 13.1. The number of hydrogen-bond acceptors (Lipinski definition) is 4. The van der Waals surface area contributed by atoms with E-state index in [4.69, 9.17) is 0 Å². The van der Waals surface area contributed by atoms with Crippen molar-refractivity contribution in [3.05, 3.63) is 66.0 Å². The standard InChI is InChI=1S/C21H23FN4OS/c1-14(16-7-5-4-6-8-16)13-23-20(27)15(2)28-21-25-24-19(26(21)3)17-9-11-18(22)12-10-17/h4-12,14-15H,13H2,1-3H3,(H,23,27). The second kappa shape index (κ2) is 9.01. The topological polar surface area (TPSA) is 59.8 Å². The molecule has 0 fully saturated rings. The summed E-state index contributed by atoms with van der Waals surface area (Å²) in [6.45, 7) is 4.51. The van der Waals surface area contributed by atoms with Gasteiger partial charge >= 0.3 is 0 Å². The van der Waals surface area contributed by atoms with E-state index in [1.807, 2.05) is 36.7 Å². The van der Waals surface area contributed by atoms with E-state index in [1.54, 1.807) is 12.1 Å². The van der Waals surface area contributed by atoms with Gasteiger partial charge in [-0.1, -0.05) is 49.0 Å². The summed E-state index contributed by atoms with van der Waals surface area (Å²) in [5.74, 6) is 0.532. The molecule has 1 aromatic heterocycles. The van der Waals surface area contributed by atoms with E-state index >= 15 is 0 Å². The van der Waals surface area contributed by atoms with E-state index in [-0.39, 0.29) is 22.9 Å². The summed E-state index contributed by atoms with van der Waals surface area (Å²) < 4.78 is 14.9. The third-order valence-corrected chi connectivity index (χ3v) is 5.67. The van der Waals surface area contributed by atoms with Gasteiger partial charge in [0.15, 0.2) is 11.0 Å². The van der Waals surface area contributed by atoms with Crippen LogP contribution >= 0.6 is 11.8 Å². The van der Waals surface area contributed by atoms with Crippen LogP contribution in [0.15, 0.2) is 59.8 Å². The van der Waals surface area contributed by atoms with Gasteiger partial charge in [0.25, 0.3) is 0 Å². The minimum atomic E-state index is -0.313. The first kappa shape index (κ1) is 20.1. The van der Waals surface area contributed by atoms with Crippen molar-refractivity contribution < 1.29 is 9.18 Å². The number of carbonyl (C=O) groups excluding carboxylic acids is 1. The fourth-order valence-corrected chi connectivity index (χ4v) is 3.62. The van der Waals surface area contributed by atoms with E-state index < -0.39 is 0 Å². The van der Waals surface area contributed by atoms with Crippen LogP contribution in [0.5, 0.6) is 0 Å². The number of halogens is 1. The molecule has 0 saturated heterocycles. The molecule has 0 saturated carbocycles. The van der Waals surface area contributed by atoms with Crippen molar-refractivity contribution in [3.63, 3.8) is 0 Å². The predicted molar refractivity (Wildman–Crippen MR) is 110 cm³/mol. The average Bonchev–Trinajstić information content (AvgIpc) is 3.07. The molecule has 7 heteroatoms. The van der Waals surface area contributed by atoms with E-state index in [0.717, 1.165) is 5.56 Å². The molecule has 2 aromatic carbocycles. The van der Waals surface area contributed by atoms with Crippen molar-refractivity contribution in [2.24, 2.45) is 7.05 Å². The molecule has 3 aromatic rings. The highest BCUT2D eigenvalue weighted by Gasteiger charge is 2.20. The molecule has 3 rings (SSSR count). The Hall–Kier alpha value is -2.67. The predicted octanol–water partition coefficient (Wildman–Crippen LogP) is 4.02. The van der Waals surface area contributed by atoms with Gasteiger partial charge in [0, 0.05) is 19.2 Å². The minimum absolute atomic E-state index is 0.0425. The normalized spacial score (nSPS) is 13.1. The molecular formula is C21H23FN4OS. The van der Waals surface area contributed by atoms with Crippen molar-refractivity contribution in [1.29, 1.82) is 0 Å². The number of carbonyl (C=O) groups is 1. The van der Waals surface area contributed by atoms with Crippen LogP contribution < -0.4 is 5.32 Å². The first-order valence-electron chi connectivity index (χ1n) is 9.10. The Morgan fingerprint density at radius 3 is 2.46 bits per heavy atom. The number of aromatic nitrogens is 3. The second-order valence-electron chi connectivity index (χ2n) is 6.69. The van der Waals surface area contributed by atoms with Gasteiger partial charge in [-0.25, -0.2) is 4.39 Å². The summed E-state index contributed by atoms with van der Waals surface area (Å²) in [6, 6.07) is 16.2. The third kappa shape index (κ3) is 4.78. The van der Waals surface area contributed by atoms with Crippen LogP contribution in [0.2, 0.25) is 0 Å². The number of thioether (sulfide) groups is 1. The van der Waals surface area contributed by atoms with Crippen LogP contribution in [-0.4, -0.2) is 32.5 Å². The Kier molecular flexibility index (Phi) is 6.46. The van der Waals surface area contributed by atoms with Crippen molar-refractivity contribution in [3.8, 4) is 11.4 Å². The van der Waals surface area contributed by atoms with Crippen LogP contribution in [0.25, 0.3) is 11.4 Å². The molecule has 5 nitrogen and oxygen atoms in total. The van der Waals surface area contributed by atoms with Crippen molar-refractivity contribution in [1.82, 2.24) is 20.1 Å². The molecule has 0 aliphatic heterocycles. The number of hydrogen-bond donors (Lipinski definition) is 1. The Bertz CT molecular complexity index is 927. The zero-order chi connectivity index (χ0) is 20.1. The van der Waals surface area contributed by atoms with E-state index in [0.29, 0.717) is 17.5 Å². The minimum Gasteiger partial charge on any atom is -0.355 e. The van der Waals surface area contributed by atoms with Crippen LogP contribution in [0.3, 0.4) is 0 Å². The first-order valence-corrected chi connectivity index (χ1v) is 9.98. The number of benzene rings is 2. The third-order valence-electron chi connectivity index (χ3n) is 4.54. The van der Waals surface area contributed by atoms with E-state index in [1.165, 1.54) is 29.5 Å². The number of amides is 1. The maximum Gasteiger partial charge on any atom is 0.233 e. The Morgan fingerprint density at radius 1 is 1.11 bits per heavy atom. The molecule has 28 heavy (non-hydrogen) atoms. The van der Waals surface area contributed by atoms with Crippen molar-refractivity contribution in [2.45, 2.75) is 30.2 Å². The first-order chi connectivity index (χ1) is 13.5. The smallest absolute Gasteiger partial charge is 0.233 e. The summed E-state index contributed by atoms with van der Waals surface area (Å²) >= 11 is 1.35. The van der Waals surface area contributed by atoms with Crippen LogP contribution in [0.1, 0.15) is 25.3 Å². The van der Waals surface area contributed by atoms with Crippen molar-refractivity contribution in [2.75, 3.05) is 6.54 Å². The summed E-state index contributed by atoms with van der Waals surface area (Å²) in [7, 11) is 1.84. The molecule has 0 radical (unpaired) electrons. The monoisotopic (exact) mass is 398 g/mol. The molecule has 1 amide bonds. The maximum absolute atomic E-state index is 13.1. The summed E-state index contributed by atoms with van der Waals surface area (Å²) in [4.78, 5) is 12.5. The molecule has 0 aliphatic rings. The van der Waals surface area contributed by atoms with Gasteiger partial charge in [0.05, 0.1) is 5.25 Å². The van der Waals surface area contributed by atoms with Crippen LogP contribution in [0, 0.1) is 5.82 Å². The fraction of sp³-hybridized carbons (Fsp3) is 0.286. The van der Waals surface area contributed by atoms with Crippen LogP contribution in [0.4, 0.5) is 4.39 Å². The Labute approximate surface area is 168 Å². The molecular weight excluding hydrogens is 375 g/mol. The summed E-state index contributed by atoms with van der Waals surface area (Å²) in [5, 5.41) is 11.7. The number of rotatable bonds is 7. The lowest BCUT2D eigenvalue weighted by Gasteiger charge is -2.15. The molecule has 0 spiro atoms. The van der Waals surface area contributed by atoms with Gasteiger partial charge in [-0.3, -0.25) is 4.79 Å². The van der Waals surface area contributed by atoms with E-state index in [2.05, 4.69) is 34.6 Å². The Morgan fingerprint density at radius 2 is 1.79 bits per heavy atom. The van der Waals surface area contributed by atoms with Gasteiger partial charge in [-0.2, -0.15) is 0 Å². The van der Waals surface area contributed by atoms with Gasteiger partial charge in [0.1, 0.15) is 5.82 Å². The SMILES string of the molecule is CC(Sc1nnc(-c2ccc(F)cc2)n1C)C(=O)NCC(C)c1ccccc1. The van der Waals surface area contributed by atoms with Gasteiger partial charge < -0.3 is 9.88 Å². The van der Waals surface area contributed by atoms with Gasteiger partial charge in [0.2, 0.25) is 5.91 Å². The number of nitrogens with one attached hydrogen (secondary N) is 1. The molecule has 146 valence electrons. The summed E-state index contributed by atoms with van der Waals surface area (Å²) in [6.07, 6.45) is 0. The lowest BCUT2D eigenvalue weighted by molar-refractivity contribution is -0.120. The highest BCUT2D eigenvalue weighted by molar-refractivity contribution is 8.00. The molecule has 0 bridgehead atoms. The fourth-order valence-electron chi connectivity index (χ4n) is 2.78. The molecule has 0 aliphatic carbocycles. The zero-order valence-corrected chi connectivity index (χ0v) is 16.9. The highest BCUT2D eigenvalue weighted by Crippen LogP contribution is 2.26. The lowest BCUT2D eigenvalue weighted by Crippen LogP contribution is -2.33. The Balaban J connectivity index is 1.59. The van der Waals surface area contributed by atoms with Gasteiger partial charge in [-0.05, 0) is 42.7 Å². The number of nitrogens with zero attached hydrogens (tertiary/aromatic N) is 3. The molecule has 1 N–H and O–H groups in total. The van der Waals surface area contributed by atoms with Crippen molar-refractivity contribution >= 4 is 17.7 Å². The van der Waals surface area contributed by atoms with Crippen LogP contribution in [-0.2, 0) is 11.8 Å². The molecule has 2 atom stereocenters. The lowest BCUT2D eigenvalue weighted by atomic mass is 10.0. The summed E-state index contributed by atoms with van der Waals surface area (Å²) in [5.41, 5.74) is 1.97. The molecule has 1 heterocycles. The van der Waals surface area contributed by atoms with Gasteiger partial charge in [-0.15, -0.1) is 10.2 Å².